The molecule has 2 N–H and O–H groups in total. The van der Waals surface area contributed by atoms with Crippen LogP contribution in [0.1, 0.15) is 24.1 Å². The third kappa shape index (κ3) is 4.35. The topological polar surface area (TPSA) is 41.5 Å². The third-order valence-corrected chi connectivity index (χ3v) is 3.59. The average molecular weight is 277 g/mol. The van der Waals surface area contributed by atoms with E-state index in [1.54, 1.807) is 11.3 Å². The number of aliphatic hydroxyl groups excluding tert-OH is 1. The van der Waals surface area contributed by atoms with E-state index < -0.39 is 0 Å². The van der Waals surface area contributed by atoms with Crippen molar-refractivity contribution in [3.63, 3.8) is 0 Å². The summed E-state index contributed by atoms with van der Waals surface area (Å²) in [6, 6.07) is 10.6. The maximum absolute atomic E-state index is 8.64. The van der Waals surface area contributed by atoms with Gasteiger partial charge in [-0.3, -0.25) is 0 Å². The van der Waals surface area contributed by atoms with Gasteiger partial charge in [0.05, 0.1) is 19.8 Å². The van der Waals surface area contributed by atoms with Crippen LogP contribution in [0.2, 0.25) is 0 Å². The zero-order valence-corrected chi connectivity index (χ0v) is 11.8. The van der Waals surface area contributed by atoms with Crippen molar-refractivity contribution in [1.29, 1.82) is 0 Å². The van der Waals surface area contributed by atoms with Crippen LogP contribution >= 0.6 is 11.3 Å². The van der Waals surface area contributed by atoms with Gasteiger partial charge in [-0.1, -0.05) is 12.1 Å². The van der Waals surface area contributed by atoms with Gasteiger partial charge in [-0.15, -0.1) is 0 Å². The molecule has 0 aliphatic heterocycles. The minimum Gasteiger partial charge on any atom is -0.394 e. The molecule has 0 saturated heterocycles. The van der Waals surface area contributed by atoms with Gasteiger partial charge in [0.2, 0.25) is 0 Å². The monoisotopic (exact) mass is 277 g/mol. The van der Waals surface area contributed by atoms with Crippen molar-refractivity contribution in [2.45, 2.75) is 19.6 Å². The third-order valence-electron chi connectivity index (χ3n) is 2.88. The van der Waals surface area contributed by atoms with Gasteiger partial charge in [0.25, 0.3) is 0 Å². The summed E-state index contributed by atoms with van der Waals surface area (Å²) in [6.07, 6.45) is 0. The van der Waals surface area contributed by atoms with Crippen LogP contribution in [-0.2, 0) is 11.3 Å². The van der Waals surface area contributed by atoms with Crippen molar-refractivity contribution in [3.05, 3.63) is 52.2 Å². The van der Waals surface area contributed by atoms with Crippen LogP contribution in [0.25, 0.3) is 0 Å². The van der Waals surface area contributed by atoms with E-state index in [-0.39, 0.29) is 6.61 Å². The van der Waals surface area contributed by atoms with Gasteiger partial charge in [0, 0.05) is 11.7 Å². The molecule has 2 rings (SSSR count). The number of benzene rings is 1. The van der Waals surface area contributed by atoms with Crippen molar-refractivity contribution in [2.75, 3.05) is 18.5 Å². The lowest BCUT2D eigenvalue weighted by Gasteiger charge is -2.14. The summed E-state index contributed by atoms with van der Waals surface area (Å²) in [5.74, 6) is 0. The Morgan fingerprint density at radius 1 is 1.26 bits per heavy atom. The van der Waals surface area contributed by atoms with Crippen LogP contribution in [0.15, 0.2) is 41.1 Å². The highest BCUT2D eigenvalue weighted by atomic mass is 32.1. The molecule has 0 radical (unpaired) electrons. The standard InChI is InChI=1S/C15H19NO2S/c1-12(14-6-9-19-11-14)16-15-4-2-13(3-5-15)10-18-8-7-17/h2-6,9,11-12,16-17H,7-8,10H2,1H3. The highest BCUT2D eigenvalue weighted by molar-refractivity contribution is 7.07. The molecule has 2 aromatic rings. The van der Waals surface area contributed by atoms with E-state index in [0.29, 0.717) is 19.3 Å². The van der Waals surface area contributed by atoms with Crippen LogP contribution in [0.3, 0.4) is 0 Å². The second-order valence-corrected chi connectivity index (χ2v) is 5.18. The summed E-state index contributed by atoms with van der Waals surface area (Å²) in [6.45, 7) is 3.15. The number of ether oxygens (including phenoxy) is 1. The molecular weight excluding hydrogens is 258 g/mol. The van der Waals surface area contributed by atoms with Gasteiger partial charge in [0.15, 0.2) is 0 Å². The minimum absolute atomic E-state index is 0.0673. The quantitative estimate of drug-likeness (QED) is 0.762. The summed E-state index contributed by atoms with van der Waals surface area (Å²) in [5.41, 5.74) is 3.52. The summed E-state index contributed by atoms with van der Waals surface area (Å²) in [7, 11) is 0. The number of rotatable bonds is 7. The first-order valence-corrected chi connectivity index (χ1v) is 7.30. The highest BCUT2D eigenvalue weighted by Gasteiger charge is 2.05. The van der Waals surface area contributed by atoms with Gasteiger partial charge in [-0.05, 0) is 47.0 Å². The molecule has 19 heavy (non-hydrogen) atoms. The fraction of sp³-hybridized carbons (Fsp3) is 0.333. The number of anilines is 1. The lowest BCUT2D eigenvalue weighted by atomic mass is 10.1. The molecule has 1 heterocycles. The Labute approximate surface area is 117 Å². The molecule has 0 bridgehead atoms. The maximum Gasteiger partial charge on any atom is 0.0718 e. The Bertz CT molecular complexity index is 467. The van der Waals surface area contributed by atoms with Crippen LogP contribution in [0.5, 0.6) is 0 Å². The largest absolute Gasteiger partial charge is 0.394 e. The Morgan fingerprint density at radius 2 is 2.05 bits per heavy atom. The number of hydrogen-bond acceptors (Lipinski definition) is 4. The summed E-state index contributed by atoms with van der Waals surface area (Å²) < 4.78 is 5.28. The van der Waals surface area contributed by atoms with Crippen molar-refractivity contribution in [3.8, 4) is 0 Å². The first kappa shape index (κ1) is 14.1. The van der Waals surface area contributed by atoms with E-state index in [2.05, 4.69) is 41.2 Å². The van der Waals surface area contributed by atoms with Crippen LogP contribution in [0, 0.1) is 0 Å². The van der Waals surface area contributed by atoms with Crippen LogP contribution in [0.4, 0.5) is 5.69 Å². The first-order valence-electron chi connectivity index (χ1n) is 6.36. The zero-order valence-electron chi connectivity index (χ0n) is 11.0. The SMILES string of the molecule is CC(Nc1ccc(COCCO)cc1)c1ccsc1. The second-order valence-electron chi connectivity index (χ2n) is 4.40. The minimum atomic E-state index is 0.0673. The summed E-state index contributed by atoms with van der Waals surface area (Å²) >= 11 is 1.72. The van der Waals surface area contributed by atoms with Crippen molar-refractivity contribution >= 4 is 17.0 Å². The predicted octanol–water partition coefficient (Wildman–Crippen LogP) is 3.43. The lowest BCUT2D eigenvalue weighted by molar-refractivity contribution is 0.0815. The van der Waals surface area contributed by atoms with E-state index in [9.17, 15) is 0 Å². The van der Waals surface area contributed by atoms with Crippen molar-refractivity contribution in [1.82, 2.24) is 0 Å². The molecule has 1 unspecified atom stereocenters. The van der Waals surface area contributed by atoms with Gasteiger partial charge in [-0.2, -0.15) is 11.3 Å². The molecule has 1 aromatic heterocycles. The summed E-state index contributed by atoms with van der Waals surface area (Å²) in [4.78, 5) is 0. The molecule has 0 aliphatic carbocycles. The van der Waals surface area contributed by atoms with E-state index in [4.69, 9.17) is 9.84 Å². The predicted molar refractivity (Wildman–Crippen MR) is 79.5 cm³/mol. The van der Waals surface area contributed by atoms with E-state index >= 15 is 0 Å². The molecule has 1 atom stereocenters. The maximum atomic E-state index is 8.64. The van der Waals surface area contributed by atoms with E-state index in [1.807, 2.05) is 12.1 Å². The Kier molecular flexibility index (Phi) is 5.39. The van der Waals surface area contributed by atoms with Gasteiger partial charge in [0.1, 0.15) is 0 Å². The van der Waals surface area contributed by atoms with Crippen molar-refractivity contribution in [2.24, 2.45) is 0 Å². The molecule has 1 aromatic carbocycles. The van der Waals surface area contributed by atoms with Crippen LogP contribution in [-0.4, -0.2) is 18.3 Å². The fourth-order valence-electron chi connectivity index (χ4n) is 1.81. The molecule has 0 fully saturated rings. The van der Waals surface area contributed by atoms with E-state index in [0.717, 1.165) is 11.3 Å². The number of hydrogen-bond donors (Lipinski definition) is 2. The fourth-order valence-corrected chi connectivity index (χ4v) is 2.56. The number of nitrogens with one attached hydrogen (secondary N) is 1. The smallest absolute Gasteiger partial charge is 0.0718 e. The lowest BCUT2D eigenvalue weighted by Crippen LogP contribution is -2.05. The molecule has 102 valence electrons. The van der Waals surface area contributed by atoms with Gasteiger partial charge < -0.3 is 15.2 Å². The average Bonchev–Trinajstić information content (AvgIpc) is 2.95. The number of aliphatic hydroxyl groups is 1. The van der Waals surface area contributed by atoms with Gasteiger partial charge >= 0.3 is 0 Å². The molecule has 4 heteroatoms. The molecule has 0 aliphatic rings. The normalized spacial score (nSPS) is 12.3. The molecule has 3 nitrogen and oxygen atoms in total. The highest BCUT2D eigenvalue weighted by Crippen LogP contribution is 2.21. The van der Waals surface area contributed by atoms with Gasteiger partial charge in [-0.25, -0.2) is 0 Å². The molecular formula is C15H19NO2S. The summed E-state index contributed by atoms with van der Waals surface area (Å²) in [5, 5.41) is 16.4. The van der Waals surface area contributed by atoms with Crippen molar-refractivity contribution < 1.29 is 9.84 Å². The Hall–Kier alpha value is -1.36. The van der Waals surface area contributed by atoms with Crippen LogP contribution < -0.4 is 5.32 Å². The molecule has 0 spiro atoms. The van der Waals surface area contributed by atoms with E-state index in [1.165, 1.54) is 5.56 Å². The molecule has 0 saturated carbocycles. The zero-order chi connectivity index (χ0) is 13.5. The molecule has 0 amide bonds. The Balaban J connectivity index is 1.88. The Morgan fingerprint density at radius 3 is 2.68 bits per heavy atom. The second kappa shape index (κ2) is 7.28. The number of thiophene rings is 1. The first-order chi connectivity index (χ1) is 9.29.